The van der Waals surface area contributed by atoms with Crippen LogP contribution in [0.15, 0.2) is 0 Å². The number of nitrogens with one attached hydrogen (secondary N) is 1. The molecule has 0 bridgehead atoms. The van der Waals surface area contributed by atoms with E-state index in [2.05, 4.69) is 21.3 Å². The second kappa shape index (κ2) is 6.98. The highest BCUT2D eigenvalue weighted by atomic mass is 35.5. The number of nitriles is 1. The van der Waals surface area contributed by atoms with Crippen molar-refractivity contribution in [2.24, 2.45) is 5.92 Å². The Morgan fingerprint density at radius 1 is 1.29 bits per heavy atom. The third kappa shape index (κ3) is 3.21. The Morgan fingerprint density at radius 2 is 1.96 bits per heavy atom. The first-order valence-electron chi connectivity index (χ1n) is 8.63. The molecule has 1 aliphatic carbocycles. The van der Waals surface area contributed by atoms with Gasteiger partial charge in [0, 0.05) is 25.0 Å². The molecule has 2 aliphatic rings. The average molecular weight is 347 g/mol. The van der Waals surface area contributed by atoms with Crippen molar-refractivity contribution in [2.45, 2.75) is 52.0 Å². The normalized spacial score (nSPS) is 18.8. The highest BCUT2D eigenvalue weighted by molar-refractivity contribution is 6.32. The summed E-state index contributed by atoms with van der Waals surface area (Å²) in [5.41, 5.74) is 2.07. The molecule has 3 rings (SSSR count). The summed E-state index contributed by atoms with van der Waals surface area (Å²) in [6.07, 6.45) is 5.05. The maximum atomic E-state index is 12.3. The Hall–Kier alpha value is -1.80. The van der Waals surface area contributed by atoms with E-state index in [1.807, 2.05) is 13.8 Å². The minimum Gasteiger partial charge on any atom is -0.355 e. The van der Waals surface area contributed by atoms with Gasteiger partial charge in [0.05, 0.1) is 16.3 Å². The first kappa shape index (κ1) is 17.0. The number of anilines is 1. The summed E-state index contributed by atoms with van der Waals surface area (Å²) in [5.74, 6) is 0.966. The van der Waals surface area contributed by atoms with Gasteiger partial charge in [-0.25, -0.2) is 4.98 Å². The van der Waals surface area contributed by atoms with E-state index in [-0.39, 0.29) is 11.8 Å². The molecule has 0 spiro atoms. The molecule has 0 unspecified atom stereocenters. The topological polar surface area (TPSA) is 69.0 Å². The van der Waals surface area contributed by atoms with Gasteiger partial charge < -0.3 is 10.2 Å². The summed E-state index contributed by atoms with van der Waals surface area (Å²) in [5, 5.41) is 13.2. The number of carbonyl (C=O) groups is 1. The predicted octanol–water partition coefficient (Wildman–Crippen LogP) is 3.11. The van der Waals surface area contributed by atoms with Gasteiger partial charge in [0.2, 0.25) is 5.91 Å². The molecule has 128 valence electrons. The molecule has 1 aromatic rings. The Kier molecular flexibility index (Phi) is 4.96. The van der Waals surface area contributed by atoms with Gasteiger partial charge in [-0.3, -0.25) is 4.79 Å². The number of aryl methyl sites for hydroxylation is 1. The third-order valence-electron chi connectivity index (χ3n) is 5.25. The SMILES string of the molecule is Cc1nc(N2CCC(C(=O)NC3CCC3)CC2)c(C#N)c(C)c1Cl. The van der Waals surface area contributed by atoms with Crippen molar-refractivity contribution in [3.8, 4) is 6.07 Å². The molecule has 0 aromatic carbocycles. The zero-order valence-electron chi connectivity index (χ0n) is 14.2. The minimum atomic E-state index is 0.0712. The van der Waals surface area contributed by atoms with Gasteiger partial charge in [0.15, 0.2) is 0 Å². The number of halogens is 1. The highest BCUT2D eigenvalue weighted by Gasteiger charge is 2.30. The number of pyridine rings is 1. The van der Waals surface area contributed by atoms with Gasteiger partial charge >= 0.3 is 0 Å². The molecule has 2 fully saturated rings. The van der Waals surface area contributed by atoms with E-state index in [0.29, 0.717) is 22.4 Å². The average Bonchev–Trinajstić information content (AvgIpc) is 2.55. The smallest absolute Gasteiger partial charge is 0.223 e. The lowest BCUT2D eigenvalue weighted by molar-refractivity contribution is -0.126. The molecule has 1 saturated heterocycles. The zero-order chi connectivity index (χ0) is 17.3. The molecule has 1 aromatic heterocycles. The molecule has 1 saturated carbocycles. The first-order valence-corrected chi connectivity index (χ1v) is 9.01. The van der Waals surface area contributed by atoms with Crippen molar-refractivity contribution in [1.29, 1.82) is 5.26 Å². The molecule has 1 aliphatic heterocycles. The fourth-order valence-electron chi connectivity index (χ4n) is 3.40. The number of hydrogen-bond acceptors (Lipinski definition) is 4. The van der Waals surface area contributed by atoms with Crippen molar-refractivity contribution in [1.82, 2.24) is 10.3 Å². The molecular weight excluding hydrogens is 324 g/mol. The van der Waals surface area contributed by atoms with Crippen LogP contribution >= 0.6 is 11.6 Å². The quantitative estimate of drug-likeness (QED) is 0.913. The van der Waals surface area contributed by atoms with Crippen molar-refractivity contribution in [3.63, 3.8) is 0 Å². The number of aromatic nitrogens is 1. The van der Waals surface area contributed by atoms with Crippen LogP contribution < -0.4 is 10.2 Å². The molecule has 2 heterocycles. The van der Waals surface area contributed by atoms with Crippen LogP contribution in [-0.4, -0.2) is 30.0 Å². The van der Waals surface area contributed by atoms with Crippen molar-refractivity contribution >= 4 is 23.3 Å². The van der Waals surface area contributed by atoms with E-state index in [4.69, 9.17) is 11.6 Å². The standard InChI is InChI=1S/C18H23ClN4O/c1-11-15(10-20)17(21-12(2)16(11)19)23-8-6-13(7-9-23)18(24)22-14-4-3-5-14/h13-14H,3-9H2,1-2H3,(H,22,24). The van der Waals surface area contributed by atoms with Crippen LogP contribution in [0.3, 0.4) is 0 Å². The third-order valence-corrected chi connectivity index (χ3v) is 5.80. The van der Waals surface area contributed by atoms with E-state index >= 15 is 0 Å². The van der Waals surface area contributed by atoms with Crippen LogP contribution in [-0.2, 0) is 4.79 Å². The number of rotatable bonds is 3. The molecule has 1 N–H and O–H groups in total. The van der Waals surface area contributed by atoms with Crippen molar-refractivity contribution < 1.29 is 4.79 Å². The van der Waals surface area contributed by atoms with E-state index in [0.717, 1.165) is 50.0 Å². The lowest BCUT2D eigenvalue weighted by Crippen LogP contribution is -2.46. The summed E-state index contributed by atoms with van der Waals surface area (Å²) in [4.78, 5) is 19.0. The number of amides is 1. The summed E-state index contributed by atoms with van der Waals surface area (Å²) in [7, 11) is 0. The van der Waals surface area contributed by atoms with Crippen LogP contribution in [0.4, 0.5) is 5.82 Å². The fourth-order valence-corrected chi connectivity index (χ4v) is 3.54. The number of carbonyl (C=O) groups excluding carboxylic acids is 1. The highest BCUT2D eigenvalue weighted by Crippen LogP contribution is 2.31. The lowest BCUT2D eigenvalue weighted by atomic mass is 9.90. The monoisotopic (exact) mass is 346 g/mol. The number of piperidine rings is 1. The second-order valence-corrected chi connectivity index (χ2v) is 7.22. The van der Waals surface area contributed by atoms with Gasteiger partial charge in [0.1, 0.15) is 11.9 Å². The second-order valence-electron chi connectivity index (χ2n) is 6.84. The molecule has 6 heteroatoms. The summed E-state index contributed by atoms with van der Waals surface area (Å²) in [6.45, 7) is 5.20. The van der Waals surface area contributed by atoms with Gasteiger partial charge in [-0.1, -0.05) is 11.6 Å². The van der Waals surface area contributed by atoms with Gasteiger partial charge in [-0.15, -0.1) is 0 Å². The molecular formula is C18H23ClN4O. The summed E-state index contributed by atoms with van der Waals surface area (Å²) in [6, 6.07) is 2.63. The van der Waals surface area contributed by atoms with Crippen LogP contribution in [0.2, 0.25) is 5.02 Å². The lowest BCUT2D eigenvalue weighted by Gasteiger charge is -2.35. The van der Waals surface area contributed by atoms with Crippen LogP contribution in [0.5, 0.6) is 0 Å². The Balaban J connectivity index is 1.68. The van der Waals surface area contributed by atoms with Crippen LogP contribution in [0, 0.1) is 31.1 Å². The Labute approximate surface area is 148 Å². The fraction of sp³-hybridized carbons (Fsp3) is 0.611. The van der Waals surface area contributed by atoms with E-state index in [9.17, 15) is 10.1 Å². The molecule has 0 radical (unpaired) electrons. The van der Waals surface area contributed by atoms with E-state index in [1.54, 1.807) is 0 Å². The predicted molar refractivity (Wildman–Crippen MR) is 94.2 cm³/mol. The van der Waals surface area contributed by atoms with Crippen LogP contribution in [0.25, 0.3) is 0 Å². The van der Waals surface area contributed by atoms with Gasteiger partial charge in [-0.05, 0) is 51.5 Å². The van der Waals surface area contributed by atoms with Crippen LogP contribution in [0.1, 0.15) is 48.9 Å². The van der Waals surface area contributed by atoms with E-state index in [1.165, 1.54) is 6.42 Å². The minimum absolute atomic E-state index is 0.0712. The number of nitrogens with zero attached hydrogens (tertiary/aromatic N) is 3. The Bertz CT molecular complexity index is 685. The summed E-state index contributed by atoms with van der Waals surface area (Å²) >= 11 is 6.22. The van der Waals surface area contributed by atoms with Crippen molar-refractivity contribution in [3.05, 3.63) is 21.8 Å². The Morgan fingerprint density at radius 3 is 2.50 bits per heavy atom. The largest absolute Gasteiger partial charge is 0.355 e. The number of hydrogen-bond donors (Lipinski definition) is 1. The van der Waals surface area contributed by atoms with E-state index < -0.39 is 0 Å². The maximum absolute atomic E-state index is 12.3. The molecule has 24 heavy (non-hydrogen) atoms. The van der Waals surface area contributed by atoms with Gasteiger partial charge in [-0.2, -0.15) is 5.26 Å². The first-order chi connectivity index (χ1) is 11.5. The summed E-state index contributed by atoms with van der Waals surface area (Å²) < 4.78 is 0. The molecule has 1 amide bonds. The zero-order valence-corrected chi connectivity index (χ0v) is 15.0. The maximum Gasteiger partial charge on any atom is 0.223 e. The van der Waals surface area contributed by atoms with Gasteiger partial charge in [0.25, 0.3) is 0 Å². The molecule has 0 atom stereocenters. The molecule has 5 nitrogen and oxygen atoms in total. The van der Waals surface area contributed by atoms with Crippen molar-refractivity contribution in [2.75, 3.05) is 18.0 Å².